The second-order valence-electron chi connectivity index (χ2n) is 14.4. The fourth-order valence-electron chi connectivity index (χ4n) is 6.27. The molecule has 0 spiro atoms. The second kappa shape index (κ2) is 18.0. The van der Waals surface area contributed by atoms with Crippen molar-refractivity contribution in [1.29, 1.82) is 0 Å². The summed E-state index contributed by atoms with van der Waals surface area (Å²) in [5.41, 5.74) is -0.816. The third-order valence-electron chi connectivity index (χ3n) is 8.96. The minimum Gasteiger partial charge on any atom is -0.481 e. The quantitative estimate of drug-likeness (QED) is 0.148. The summed E-state index contributed by atoms with van der Waals surface area (Å²) in [5.74, 6) is -6.67. The number of carboxylic acids is 2. The number of hydrogen-bond donors (Lipinski definition) is 6. The van der Waals surface area contributed by atoms with E-state index in [1.807, 2.05) is 13.8 Å². The number of carbonyl (C=O) groups excluding carboxylic acids is 5. The van der Waals surface area contributed by atoms with Gasteiger partial charge < -0.3 is 41.3 Å². The number of carbonyl (C=O) groups is 7. The lowest BCUT2D eigenvalue weighted by atomic mass is 9.82. The molecule has 2 aliphatic heterocycles. The molecule has 0 aromatic rings. The first-order valence-electron chi connectivity index (χ1n) is 17.1. The first-order valence-corrected chi connectivity index (χ1v) is 17.1. The summed E-state index contributed by atoms with van der Waals surface area (Å²) < 4.78 is 0. The molecule has 2 fully saturated rings. The Morgan fingerprint density at radius 3 is 1.92 bits per heavy atom. The zero-order chi connectivity index (χ0) is 36.3. The molecule has 48 heavy (non-hydrogen) atoms. The van der Waals surface area contributed by atoms with Gasteiger partial charge in [-0.3, -0.25) is 24.0 Å². The van der Waals surface area contributed by atoms with Crippen molar-refractivity contribution in [1.82, 2.24) is 31.1 Å². The second-order valence-corrected chi connectivity index (χ2v) is 14.4. The predicted molar refractivity (Wildman–Crippen MR) is 177 cm³/mol. The van der Waals surface area contributed by atoms with Crippen molar-refractivity contribution in [2.75, 3.05) is 19.6 Å². The number of rotatable bonds is 15. The Morgan fingerprint density at radius 1 is 0.812 bits per heavy atom. The van der Waals surface area contributed by atoms with Crippen LogP contribution in [0.25, 0.3) is 0 Å². The van der Waals surface area contributed by atoms with Crippen LogP contribution in [0.15, 0.2) is 0 Å². The molecular formula is C33H56N6O9. The van der Waals surface area contributed by atoms with Crippen molar-refractivity contribution in [2.24, 2.45) is 17.3 Å². The van der Waals surface area contributed by atoms with Crippen LogP contribution in [-0.2, 0) is 28.8 Å². The largest absolute Gasteiger partial charge is 0.481 e. The summed E-state index contributed by atoms with van der Waals surface area (Å²) in [4.78, 5) is 95.2. The van der Waals surface area contributed by atoms with Crippen LogP contribution in [0.1, 0.15) is 99.8 Å². The summed E-state index contributed by atoms with van der Waals surface area (Å²) >= 11 is 0. The van der Waals surface area contributed by atoms with E-state index in [0.29, 0.717) is 32.4 Å². The van der Waals surface area contributed by atoms with Gasteiger partial charge in [0, 0.05) is 25.7 Å². The highest BCUT2D eigenvalue weighted by Gasteiger charge is 2.48. The average molecular weight is 681 g/mol. The third-order valence-corrected chi connectivity index (χ3v) is 8.96. The van der Waals surface area contributed by atoms with Gasteiger partial charge in [0.1, 0.15) is 24.2 Å². The highest BCUT2D eigenvalue weighted by Crippen LogP contribution is 2.31. The molecule has 6 N–H and O–H groups in total. The molecule has 6 amide bonds. The van der Waals surface area contributed by atoms with Crippen LogP contribution < -0.4 is 21.3 Å². The lowest BCUT2D eigenvalue weighted by Gasteiger charge is -2.44. The highest BCUT2D eigenvalue weighted by molar-refractivity contribution is 5.99. The summed E-state index contributed by atoms with van der Waals surface area (Å²) in [6.07, 6.45) is 2.82. The average Bonchev–Trinajstić information content (AvgIpc) is 3.55. The number of likely N-dealkylation sites (tertiary alicyclic amines) is 2. The summed E-state index contributed by atoms with van der Waals surface area (Å²) in [5, 5.41) is 29.6. The number of urea groups is 1. The van der Waals surface area contributed by atoms with Gasteiger partial charge in [0.25, 0.3) is 0 Å². The number of carboxylic acid groups (broad SMARTS) is 2. The molecule has 15 nitrogen and oxygen atoms in total. The lowest BCUT2D eigenvalue weighted by Crippen LogP contribution is -2.66. The molecule has 0 aromatic carbocycles. The normalized spacial score (nSPS) is 20.1. The minimum atomic E-state index is -1.69. The van der Waals surface area contributed by atoms with Crippen molar-refractivity contribution in [2.45, 2.75) is 130 Å². The zero-order valence-corrected chi connectivity index (χ0v) is 29.5. The van der Waals surface area contributed by atoms with E-state index >= 15 is 0 Å². The molecular weight excluding hydrogens is 624 g/mol. The number of aliphatic carboxylic acids is 2. The topological polar surface area (TPSA) is 215 Å². The Kier molecular flexibility index (Phi) is 15.1. The van der Waals surface area contributed by atoms with Crippen LogP contribution in [0.5, 0.6) is 0 Å². The Bertz CT molecular complexity index is 1180. The molecule has 2 rings (SSSR count). The van der Waals surface area contributed by atoms with E-state index in [4.69, 9.17) is 0 Å². The van der Waals surface area contributed by atoms with Crippen LogP contribution in [-0.4, -0.2) is 111 Å². The van der Waals surface area contributed by atoms with Crippen molar-refractivity contribution in [3.8, 4) is 0 Å². The van der Waals surface area contributed by atoms with Crippen molar-refractivity contribution >= 4 is 41.6 Å². The molecule has 15 heteroatoms. The maximum Gasteiger partial charge on any atom is 0.326 e. The number of nitrogens with one attached hydrogen (secondary N) is 4. The Labute approximate surface area is 283 Å². The molecule has 0 bridgehead atoms. The number of piperidine rings is 1. The van der Waals surface area contributed by atoms with Gasteiger partial charge >= 0.3 is 18.0 Å². The summed E-state index contributed by atoms with van der Waals surface area (Å²) in [7, 11) is 0. The number of amides is 6. The van der Waals surface area contributed by atoms with Crippen LogP contribution >= 0.6 is 0 Å². The number of hydrogen-bond acceptors (Lipinski definition) is 7. The molecule has 2 aliphatic rings. The van der Waals surface area contributed by atoms with Gasteiger partial charge in [-0.05, 0) is 56.3 Å². The maximum absolute atomic E-state index is 14.4. The van der Waals surface area contributed by atoms with Crippen molar-refractivity contribution < 1.29 is 43.8 Å². The molecule has 0 radical (unpaired) electrons. The Balaban J connectivity index is 2.50. The van der Waals surface area contributed by atoms with Crippen LogP contribution in [0.2, 0.25) is 0 Å². The monoisotopic (exact) mass is 680 g/mol. The van der Waals surface area contributed by atoms with Crippen LogP contribution in [0.4, 0.5) is 4.79 Å². The van der Waals surface area contributed by atoms with Gasteiger partial charge in [-0.1, -0.05) is 48.5 Å². The summed E-state index contributed by atoms with van der Waals surface area (Å²) in [6.45, 7) is 13.8. The highest BCUT2D eigenvalue weighted by atomic mass is 16.4. The van der Waals surface area contributed by atoms with Crippen molar-refractivity contribution in [3.05, 3.63) is 0 Å². The SMILES string of the molecule is CCC(CC)NC(=O)N[C@H](C(=O)N1CCC[C@@H](C(=O)N2CCCC2)[C@H]1C(=O)N[C@@H](CC(=O)O)C(=O)N[C@@H](CC(C)C)C(=O)O)C(C)(C)C. The van der Waals surface area contributed by atoms with E-state index in [9.17, 15) is 43.8 Å². The first-order chi connectivity index (χ1) is 22.4. The van der Waals surface area contributed by atoms with E-state index in [2.05, 4.69) is 21.3 Å². The smallest absolute Gasteiger partial charge is 0.326 e. The van der Waals surface area contributed by atoms with Crippen LogP contribution in [0.3, 0.4) is 0 Å². The molecule has 0 aliphatic carbocycles. The van der Waals surface area contributed by atoms with E-state index in [1.165, 1.54) is 4.90 Å². The Hall–Kier alpha value is -3.91. The van der Waals surface area contributed by atoms with Gasteiger partial charge in [-0.2, -0.15) is 0 Å². The molecule has 2 heterocycles. The summed E-state index contributed by atoms with van der Waals surface area (Å²) in [6, 6.07) is -6.19. The number of nitrogens with zero attached hydrogens (tertiary/aromatic N) is 2. The first kappa shape index (κ1) is 40.3. The lowest BCUT2D eigenvalue weighted by molar-refractivity contribution is -0.155. The van der Waals surface area contributed by atoms with Crippen molar-refractivity contribution in [3.63, 3.8) is 0 Å². The maximum atomic E-state index is 14.4. The fraction of sp³-hybridized carbons (Fsp3) is 0.788. The van der Waals surface area contributed by atoms with Gasteiger partial charge in [0.15, 0.2) is 0 Å². The molecule has 0 aromatic heterocycles. The van der Waals surface area contributed by atoms with Gasteiger partial charge in [0.2, 0.25) is 23.6 Å². The predicted octanol–water partition coefficient (Wildman–Crippen LogP) is 1.69. The molecule has 5 atom stereocenters. The minimum absolute atomic E-state index is 0.0676. The van der Waals surface area contributed by atoms with E-state index in [1.54, 1.807) is 39.5 Å². The molecule has 0 unspecified atom stereocenters. The molecule has 2 saturated heterocycles. The fourth-order valence-corrected chi connectivity index (χ4v) is 6.27. The third kappa shape index (κ3) is 11.4. The van der Waals surface area contributed by atoms with E-state index in [0.717, 1.165) is 12.8 Å². The molecule has 272 valence electrons. The van der Waals surface area contributed by atoms with E-state index in [-0.39, 0.29) is 37.3 Å². The molecule has 0 saturated carbocycles. The van der Waals surface area contributed by atoms with Gasteiger partial charge in [-0.25, -0.2) is 9.59 Å². The standard InChI is InChI=1S/C33H56N6O9/c1-8-20(9-2)34-32(48)37-26(33(5,6)7)30(45)39-16-12-13-21(29(44)38-14-10-11-15-38)25(39)28(43)35-22(18-24(40)41)27(42)36-23(31(46)47)17-19(3)4/h19-23,25-26H,8-18H2,1-7H3,(H,35,43)(H,36,42)(H,40,41)(H,46,47)(H2,34,37,48)/t21-,22+,23+,25+,26-/m1/s1. The van der Waals surface area contributed by atoms with Gasteiger partial charge in [0.05, 0.1) is 12.3 Å². The van der Waals surface area contributed by atoms with Crippen LogP contribution in [0, 0.1) is 17.3 Å². The van der Waals surface area contributed by atoms with Gasteiger partial charge in [-0.15, -0.1) is 0 Å². The Morgan fingerprint density at radius 2 is 1.42 bits per heavy atom. The zero-order valence-electron chi connectivity index (χ0n) is 29.5. The van der Waals surface area contributed by atoms with E-state index < -0.39 is 77.6 Å².